The lowest BCUT2D eigenvalue weighted by atomic mass is 9.98. The van der Waals surface area contributed by atoms with Gasteiger partial charge in [0.15, 0.2) is 5.56 Å². The largest absolute Gasteiger partial charge is 0.422 e. The molecule has 3 rings (SSSR count). The van der Waals surface area contributed by atoms with Crippen molar-refractivity contribution in [2.24, 2.45) is 5.92 Å². The van der Waals surface area contributed by atoms with Crippen molar-refractivity contribution in [1.29, 1.82) is 5.26 Å². The lowest BCUT2D eigenvalue weighted by Gasteiger charge is -2.33. The van der Waals surface area contributed by atoms with Crippen molar-refractivity contribution in [3.8, 4) is 6.07 Å². The molecule has 0 aliphatic carbocycles. The Kier molecular flexibility index (Phi) is 3.42. The Morgan fingerprint density at radius 2 is 2.24 bits per heavy atom. The summed E-state index contributed by atoms with van der Waals surface area (Å²) in [6.07, 6.45) is 2.27. The third-order valence-electron chi connectivity index (χ3n) is 4.12. The SMILES string of the molecule is Cc1ccc2c(N3CCCC(C)C3)c(C#N)c(=O)oc2c1. The van der Waals surface area contributed by atoms with Gasteiger partial charge in [-0.3, -0.25) is 0 Å². The summed E-state index contributed by atoms with van der Waals surface area (Å²) >= 11 is 0. The zero-order valence-electron chi connectivity index (χ0n) is 12.3. The molecule has 1 saturated heterocycles. The van der Waals surface area contributed by atoms with Crippen molar-refractivity contribution in [2.75, 3.05) is 18.0 Å². The molecule has 1 aliphatic rings. The predicted octanol–water partition coefficient (Wildman–Crippen LogP) is 3.21. The molecule has 0 saturated carbocycles. The van der Waals surface area contributed by atoms with E-state index in [-0.39, 0.29) is 5.56 Å². The van der Waals surface area contributed by atoms with Gasteiger partial charge in [0.2, 0.25) is 0 Å². The van der Waals surface area contributed by atoms with Crippen LogP contribution in [0.15, 0.2) is 27.4 Å². The highest BCUT2D eigenvalue weighted by molar-refractivity contribution is 5.93. The summed E-state index contributed by atoms with van der Waals surface area (Å²) in [4.78, 5) is 14.3. The van der Waals surface area contributed by atoms with Crippen molar-refractivity contribution in [1.82, 2.24) is 0 Å². The summed E-state index contributed by atoms with van der Waals surface area (Å²) < 4.78 is 5.32. The molecule has 1 unspecified atom stereocenters. The summed E-state index contributed by atoms with van der Waals surface area (Å²) in [6, 6.07) is 7.82. The van der Waals surface area contributed by atoms with Crippen LogP contribution in [-0.2, 0) is 0 Å². The minimum absolute atomic E-state index is 0.125. The second-order valence-electron chi connectivity index (χ2n) is 5.92. The van der Waals surface area contributed by atoms with Gasteiger partial charge in [0.1, 0.15) is 11.7 Å². The second-order valence-corrected chi connectivity index (χ2v) is 5.92. The third kappa shape index (κ3) is 2.40. The molecule has 4 heteroatoms. The molecule has 0 spiro atoms. The molecule has 0 N–H and O–H groups in total. The Hall–Kier alpha value is -2.28. The zero-order chi connectivity index (χ0) is 15.0. The Morgan fingerprint density at radius 1 is 1.43 bits per heavy atom. The fourth-order valence-electron chi connectivity index (χ4n) is 3.11. The first kappa shape index (κ1) is 13.7. The van der Waals surface area contributed by atoms with Crippen LogP contribution < -0.4 is 10.5 Å². The van der Waals surface area contributed by atoms with E-state index in [2.05, 4.69) is 11.8 Å². The van der Waals surface area contributed by atoms with Gasteiger partial charge in [0, 0.05) is 18.5 Å². The fraction of sp³-hybridized carbons (Fsp3) is 0.412. The van der Waals surface area contributed by atoms with Crippen LogP contribution in [0.1, 0.15) is 30.9 Å². The molecule has 2 aromatic rings. The van der Waals surface area contributed by atoms with E-state index < -0.39 is 5.63 Å². The summed E-state index contributed by atoms with van der Waals surface area (Å²) in [7, 11) is 0. The van der Waals surface area contributed by atoms with Crippen LogP contribution >= 0.6 is 0 Å². The molecule has 0 radical (unpaired) electrons. The Labute approximate surface area is 123 Å². The monoisotopic (exact) mass is 282 g/mol. The standard InChI is InChI=1S/C17H18N2O2/c1-11-5-6-13-15(8-11)21-17(20)14(9-18)16(13)19-7-3-4-12(2)10-19/h5-6,8,12H,3-4,7,10H2,1-2H3. The minimum atomic E-state index is -0.538. The van der Waals surface area contributed by atoms with Gasteiger partial charge in [-0.15, -0.1) is 0 Å². The quantitative estimate of drug-likeness (QED) is 0.754. The van der Waals surface area contributed by atoms with Crippen molar-refractivity contribution in [2.45, 2.75) is 26.7 Å². The first-order valence-electron chi connectivity index (χ1n) is 7.32. The first-order valence-corrected chi connectivity index (χ1v) is 7.32. The van der Waals surface area contributed by atoms with Gasteiger partial charge in [-0.1, -0.05) is 13.0 Å². The number of nitriles is 1. The molecule has 1 aromatic carbocycles. The fourth-order valence-corrected chi connectivity index (χ4v) is 3.11. The highest BCUT2D eigenvalue weighted by Crippen LogP contribution is 2.32. The summed E-state index contributed by atoms with van der Waals surface area (Å²) in [6.45, 7) is 5.92. The highest BCUT2D eigenvalue weighted by atomic mass is 16.4. The second kappa shape index (κ2) is 5.25. The zero-order valence-corrected chi connectivity index (χ0v) is 12.3. The van der Waals surface area contributed by atoms with Gasteiger partial charge in [0.05, 0.1) is 5.69 Å². The minimum Gasteiger partial charge on any atom is -0.422 e. The Morgan fingerprint density at radius 3 is 2.95 bits per heavy atom. The molecule has 0 amide bonds. The molecule has 1 fully saturated rings. The Bertz CT molecular complexity index is 786. The van der Waals surface area contributed by atoms with Gasteiger partial charge in [-0.25, -0.2) is 4.79 Å². The number of rotatable bonds is 1. The van der Waals surface area contributed by atoms with Crippen LogP contribution in [0.4, 0.5) is 5.69 Å². The molecule has 1 atom stereocenters. The maximum Gasteiger partial charge on any atom is 0.356 e. The lowest BCUT2D eigenvalue weighted by molar-refractivity contribution is 0.446. The predicted molar refractivity (Wildman–Crippen MR) is 82.5 cm³/mol. The molecule has 108 valence electrons. The van der Waals surface area contributed by atoms with Crippen molar-refractivity contribution < 1.29 is 4.42 Å². The van der Waals surface area contributed by atoms with Crippen LogP contribution in [0.25, 0.3) is 11.0 Å². The summed E-state index contributed by atoms with van der Waals surface area (Å²) in [5, 5.41) is 10.2. The maximum absolute atomic E-state index is 12.1. The Balaban J connectivity index is 2.27. The van der Waals surface area contributed by atoms with E-state index in [0.717, 1.165) is 36.1 Å². The number of aryl methyl sites for hydroxylation is 1. The van der Waals surface area contributed by atoms with E-state index in [9.17, 15) is 10.1 Å². The number of benzene rings is 1. The van der Waals surface area contributed by atoms with Crippen LogP contribution in [0, 0.1) is 24.2 Å². The highest BCUT2D eigenvalue weighted by Gasteiger charge is 2.24. The topological polar surface area (TPSA) is 57.2 Å². The number of hydrogen-bond acceptors (Lipinski definition) is 4. The van der Waals surface area contributed by atoms with Crippen molar-refractivity contribution in [3.63, 3.8) is 0 Å². The summed E-state index contributed by atoms with van der Waals surface area (Å²) in [5.74, 6) is 0.568. The average Bonchev–Trinajstić information content (AvgIpc) is 2.45. The average molecular weight is 282 g/mol. The van der Waals surface area contributed by atoms with E-state index in [4.69, 9.17) is 4.42 Å². The normalized spacial score (nSPS) is 18.7. The number of hydrogen-bond donors (Lipinski definition) is 0. The van der Waals surface area contributed by atoms with Crippen LogP contribution in [0.3, 0.4) is 0 Å². The summed E-state index contributed by atoms with van der Waals surface area (Å²) in [5.41, 5.74) is 1.93. The molecule has 1 aliphatic heterocycles. The number of piperidine rings is 1. The van der Waals surface area contributed by atoms with Gasteiger partial charge >= 0.3 is 5.63 Å². The molecule has 21 heavy (non-hydrogen) atoms. The van der Waals surface area contributed by atoms with Crippen molar-refractivity contribution >= 4 is 16.7 Å². The maximum atomic E-state index is 12.1. The van der Waals surface area contributed by atoms with Crippen molar-refractivity contribution in [3.05, 3.63) is 39.7 Å². The molecule has 1 aromatic heterocycles. The van der Waals surface area contributed by atoms with E-state index in [0.29, 0.717) is 11.5 Å². The molecular formula is C17H18N2O2. The smallest absolute Gasteiger partial charge is 0.356 e. The van der Waals surface area contributed by atoms with Gasteiger partial charge in [0.25, 0.3) is 0 Å². The lowest BCUT2D eigenvalue weighted by Crippen LogP contribution is -2.35. The first-order chi connectivity index (χ1) is 10.1. The van der Waals surface area contributed by atoms with E-state index in [1.165, 1.54) is 6.42 Å². The molecule has 0 bridgehead atoms. The van der Waals surface area contributed by atoms with Crippen LogP contribution in [-0.4, -0.2) is 13.1 Å². The third-order valence-corrected chi connectivity index (χ3v) is 4.12. The van der Waals surface area contributed by atoms with Gasteiger partial charge < -0.3 is 9.32 Å². The van der Waals surface area contributed by atoms with E-state index in [1.807, 2.05) is 31.2 Å². The van der Waals surface area contributed by atoms with E-state index in [1.54, 1.807) is 0 Å². The number of nitrogens with zero attached hydrogens (tertiary/aromatic N) is 2. The van der Waals surface area contributed by atoms with Gasteiger partial charge in [-0.05, 0) is 43.4 Å². The molecule has 4 nitrogen and oxygen atoms in total. The number of anilines is 1. The van der Waals surface area contributed by atoms with Crippen LogP contribution in [0.2, 0.25) is 0 Å². The van der Waals surface area contributed by atoms with Gasteiger partial charge in [-0.2, -0.15) is 5.26 Å². The molecule has 2 heterocycles. The molecular weight excluding hydrogens is 264 g/mol. The number of fused-ring (bicyclic) bond motifs is 1. The van der Waals surface area contributed by atoms with Crippen LogP contribution in [0.5, 0.6) is 0 Å². The van der Waals surface area contributed by atoms with E-state index >= 15 is 0 Å².